The van der Waals surface area contributed by atoms with Crippen LogP contribution in [0.2, 0.25) is 5.02 Å². The predicted octanol–water partition coefficient (Wildman–Crippen LogP) is 6.67. The lowest BCUT2D eigenvalue weighted by atomic mass is 9.49. The van der Waals surface area contributed by atoms with E-state index in [9.17, 15) is 14.9 Å². The number of unbranched alkanes of at least 4 members (excludes halogenated alkanes) is 1. The first-order valence-electron chi connectivity index (χ1n) is 27.1. The highest BCUT2D eigenvalue weighted by Crippen LogP contribution is 2.56. The molecule has 8 rings (SSSR count). The summed E-state index contributed by atoms with van der Waals surface area (Å²) < 4.78 is 40.4. The number of hydrazine groups is 1. The fraction of sp³-hybridized carbons (Fsp3) is 0.709. The molecule has 0 radical (unpaired) electrons. The number of amides is 2. The van der Waals surface area contributed by atoms with Crippen molar-refractivity contribution in [2.45, 2.75) is 148 Å². The molecule has 0 bridgehead atoms. The topological polar surface area (TPSA) is 168 Å². The quantitative estimate of drug-likeness (QED) is 0.104. The van der Waals surface area contributed by atoms with Gasteiger partial charge in [-0.05, 0) is 82.0 Å². The van der Waals surface area contributed by atoms with Gasteiger partial charge >= 0.3 is 0 Å². The summed E-state index contributed by atoms with van der Waals surface area (Å²) in [5, 5.41) is 16.6. The summed E-state index contributed by atoms with van der Waals surface area (Å²) in [6.45, 7) is 25.3. The van der Waals surface area contributed by atoms with E-state index in [4.69, 9.17) is 35.5 Å². The van der Waals surface area contributed by atoms with Crippen LogP contribution in [0.15, 0.2) is 41.4 Å². The van der Waals surface area contributed by atoms with Gasteiger partial charge in [0.2, 0.25) is 11.8 Å². The molecule has 5 fully saturated rings. The van der Waals surface area contributed by atoms with Crippen molar-refractivity contribution in [1.29, 1.82) is 5.26 Å². The molecule has 4 N–H and O–H groups in total. The van der Waals surface area contributed by atoms with Gasteiger partial charge in [-0.15, -0.1) is 11.8 Å². The number of fused-ring (bicyclic) bond motifs is 3. The van der Waals surface area contributed by atoms with Crippen LogP contribution in [0.1, 0.15) is 106 Å². The molecule has 19 heteroatoms. The van der Waals surface area contributed by atoms with Crippen LogP contribution >= 0.6 is 23.4 Å². The zero-order valence-corrected chi connectivity index (χ0v) is 46.9. The molecule has 74 heavy (non-hydrogen) atoms. The standard InChI is InChI=1S/C55H82ClFN10O6S/c1-11-13-20-66-32-38(49(69)61-51-54(6,7)52(55(51,8)9)73-40-16-14-37(30-58)41(56)28-40)31-64(10)53(66)65-21-18-39(19-22-65)71-25-23-70-24-26-72-44-17-15-36(27-42(44)57)47-46-33(3)34(4)74-50(46)67-35(5)62-63-48(67)43(60-47)29-45(68)59-12-2/h14-17,27-28,33-35,38-39,43,46,48,50-53,62-63H,11-13,18-26,29,31-32H2,1-10H3,(H,59,68)(H,61,69)/t33?,34?,35?,38?,43-,46?,48?,50?,51?,52?,53?/m0/s1. The van der Waals surface area contributed by atoms with Gasteiger partial charge in [0.25, 0.3) is 0 Å². The molecule has 8 unspecified atom stereocenters. The Morgan fingerprint density at radius 3 is 2.43 bits per heavy atom. The largest absolute Gasteiger partial charge is 0.489 e. The Kier molecular flexibility index (Phi) is 18.6. The molecule has 1 aliphatic carbocycles. The number of ether oxygens (including phenoxy) is 4. The van der Waals surface area contributed by atoms with Crippen LogP contribution in [0.5, 0.6) is 11.5 Å². The van der Waals surface area contributed by atoms with Crippen molar-refractivity contribution in [3.05, 3.63) is 58.4 Å². The van der Waals surface area contributed by atoms with E-state index in [1.165, 1.54) is 6.07 Å². The molecule has 16 nitrogen and oxygen atoms in total. The smallest absolute Gasteiger partial charge is 0.225 e. The molecule has 4 saturated heterocycles. The van der Waals surface area contributed by atoms with Crippen molar-refractivity contribution in [2.24, 2.45) is 33.6 Å². The number of hydrogen-bond acceptors (Lipinski definition) is 15. The fourth-order valence-electron chi connectivity index (χ4n) is 13.0. The summed E-state index contributed by atoms with van der Waals surface area (Å²) in [6, 6.07) is 11.9. The number of carbonyl (C=O) groups is 2. The molecule has 5 heterocycles. The van der Waals surface area contributed by atoms with E-state index in [-0.39, 0.29) is 107 Å². The van der Waals surface area contributed by atoms with Gasteiger partial charge in [0, 0.05) is 79.1 Å². The van der Waals surface area contributed by atoms with Gasteiger partial charge in [0.05, 0.1) is 72.6 Å². The number of aliphatic imine (C=N–C) groups is 1. The van der Waals surface area contributed by atoms with Gasteiger partial charge in [0.1, 0.15) is 30.8 Å². The van der Waals surface area contributed by atoms with E-state index in [0.717, 1.165) is 56.6 Å². The molecule has 1 saturated carbocycles. The second-order valence-corrected chi connectivity index (χ2v) is 24.5. The SMILES string of the molecule is CCCCN1CC(C(=O)NC2C(C)(C)C(Oc3ccc(C#N)c(Cl)c3)C2(C)C)CN(C)C1N1CCC(OCCOCCOc2ccc(C3=N[C@@H](CC(=O)NCC)C4NNC(C)N4C4SC(C)C(C)C34)cc2F)CC1. The van der Waals surface area contributed by atoms with Gasteiger partial charge in [0.15, 0.2) is 11.6 Å². The predicted molar refractivity (Wildman–Crippen MR) is 288 cm³/mol. The van der Waals surface area contributed by atoms with E-state index >= 15 is 4.39 Å². The summed E-state index contributed by atoms with van der Waals surface area (Å²) in [5.41, 5.74) is 8.08. The number of likely N-dealkylation sites (tertiary alicyclic amines) is 1. The summed E-state index contributed by atoms with van der Waals surface area (Å²) >= 11 is 8.25. The van der Waals surface area contributed by atoms with Gasteiger partial charge in [-0.2, -0.15) is 5.26 Å². The van der Waals surface area contributed by atoms with Crippen molar-refractivity contribution in [3.63, 3.8) is 0 Å². The van der Waals surface area contributed by atoms with Gasteiger partial charge < -0.3 is 29.6 Å². The van der Waals surface area contributed by atoms with E-state index in [1.807, 2.05) is 24.8 Å². The summed E-state index contributed by atoms with van der Waals surface area (Å²) in [4.78, 5) is 42.2. The highest BCUT2D eigenvalue weighted by atomic mass is 35.5. The Morgan fingerprint density at radius 1 is 1.00 bits per heavy atom. The third kappa shape index (κ3) is 12.1. The second-order valence-electron chi connectivity index (χ2n) is 22.6. The maximum atomic E-state index is 15.9. The van der Waals surface area contributed by atoms with Crippen LogP contribution in [0.3, 0.4) is 0 Å². The minimum atomic E-state index is -0.453. The maximum absolute atomic E-state index is 15.9. The van der Waals surface area contributed by atoms with Crippen LogP contribution in [-0.2, 0) is 19.1 Å². The zero-order chi connectivity index (χ0) is 53.1. The summed E-state index contributed by atoms with van der Waals surface area (Å²) in [7, 11) is 2.14. The van der Waals surface area contributed by atoms with Crippen molar-refractivity contribution in [1.82, 2.24) is 41.1 Å². The van der Waals surface area contributed by atoms with E-state index in [2.05, 4.69) is 110 Å². The van der Waals surface area contributed by atoms with Gasteiger partial charge in [-0.1, -0.05) is 66.5 Å². The van der Waals surface area contributed by atoms with E-state index in [0.29, 0.717) is 61.0 Å². The van der Waals surface area contributed by atoms with Crippen LogP contribution in [0, 0.1) is 45.7 Å². The van der Waals surface area contributed by atoms with Crippen molar-refractivity contribution in [3.8, 4) is 17.6 Å². The molecule has 9 atom stereocenters. The number of nitrogens with zero attached hydrogens (tertiary/aromatic N) is 6. The Labute approximate surface area is 448 Å². The first-order chi connectivity index (χ1) is 35.4. The Hall–Kier alpha value is -3.61. The van der Waals surface area contributed by atoms with Crippen molar-refractivity contribution < 1.29 is 32.9 Å². The Bertz CT molecular complexity index is 2340. The van der Waals surface area contributed by atoms with E-state index < -0.39 is 5.82 Å². The maximum Gasteiger partial charge on any atom is 0.225 e. The molecule has 408 valence electrons. The molecule has 2 aromatic carbocycles. The molecule has 5 aliphatic heterocycles. The second kappa shape index (κ2) is 24.4. The first-order valence-corrected chi connectivity index (χ1v) is 28.4. The van der Waals surface area contributed by atoms with Crippen molar-refractivity contribution in [2.75, 3.05) is 72.7 Å². The van der Waals surface area contributed by atoms with Crippen LogP contribution < -0.4 is 31.0 Å². The number of piperidine rings is 1. The number of hydrogen-bond donors (Lipinski definition) is 4. The fourth-order valence-corrected chi connectivity index (χ4v) is 15.1. The molecular formula is C55H82ClFN10O6S. The number of thioether (sulfide) groups is 1. The molecule has 2 aromatic rings. The normalized spacial score (nSPS) is 31.3. The average Bonchev–Trinajstić information content (AvgIpc) is 3.85. The number of nitrogens with one attached hydrogen (secondary N) is 4. The zero-order valence-electron chi connectivity index (χ0n) is 45.3. The minimum absolute atomic E-state index is 0.0427. The molecule has 2 amide bonds. The van der Waals surface area contributed by atoms with Gasteiger partial charge in [-0.3, -0.25) is 34.2 Å². The number of halogens is 2. The summed E-state index contributed by atoms with van der Waals surface area (Å²) in [5.74, 6) is 0.504. The Morgan fingerprint density at radius 2 is 1.74 bits per heavy atom. The molecule has 0 aromatic heterocycles. The van der Waals surface area contributed by atoms with Gasteiger partial charge in [-0.25, -0.2) is 15.2 Å². The number of carbonyl (C=O) groups excluding carboxylic acids is 2. The minimum Gasteiger partial charge on any atom is -0.489 e. The number of rotatable bonds is 20. The summed E-state index contributed by atoms with van der Waals surface area (Å²) in [6.07, 6.45) is 4.10. The Balaban J connectivity index is 0.775. The molecular weight excluding hydrogens is 983 g/mol. The average molecular weight is 1070 g/mol. The monoisotopic (exact) mass is 1060 g/mol. The molecule has 6 aliphatic rings. The van der Waals surface area contributed by atoms with Crippen LogP contribution in [0.25, 0.3) is 0 Å². The lowest BCUT2D eigenvalue weighted by molar-refractivity contribution is -0.178. The van der Waals surface area contributed by atoms with Crippen LogP contribution in [0.4, 0.5) is 4.39 Å². The lowest BCUT2D eigenvalue weighted by Gasteiger charge is -2.63. The van der Waals surface area contributed by atoms with Crippen molar-refractivity contribution >= 4 is 40.9 Å². The highest BCUT2D eigenvalue weighted by molar-refractivity contribution is 8.00. The third-order valence-corrected chi connectivity index (χ3v) is 18.6. The van der Waals surface area contributed by atoms with E-state index in [1.54, 1.807) is 24.3 Å². The number of benzene rings is 2. The molecule has 0 spiro atoms. The first kappa shape index (κ1) is 56.6. The third-order valence-electron chi connectivity index (χ3n) is 16.6. The van der Waals surface area contributed by atoms with Crippen LogP contribution in [-0.4, -0.2) is 163 Å². The highest BCUT2D eigenvalue weighted by Gasteiger charge is 2.64. The lowest BCUT2D eigenvalue weighted by Crippen LogP contribution is -2.75. The number of nitriles is 1.